The minimum atomic E-state index is -1.10. The van der Waals surface area contributed by atoms with Crippen molar-refractivity contribution in [2.45, 2.75) is 77.0 Å². The van der Waals surface area contributed by atoms with Gasteiger partial charge in [-0.05, 0) is 19.3 Å². The minimum absolute atomic E-state index is 0.119. The summed E-state index contributed by atoms with van der Waals surface area (Å²) < 4.78 is 11.4. The van der Waals surface area contributed by atoms with E-state index < -0.39 is 36.5 Å². The van der Waals surface area contributed by atoms with Gasteiger partial charge in [-0.3, -0.25) is 4.79 Å². The van der Waals surface area contributed by atoms with Gasteiger partial charge < -0.3 is 30.7 Å². The van der Waals surface area contributed by atoms with Crippen LogP contribution in [0, 0.1) is 5.92 Å². The van der Waals surface area contributed by atoms with Gasteiger partial charge in [0.2, 0.25) is 5.91 Å². The summed E-state index contributed by atoms with van der Waals surface area (Å²) in [6.45, 7) is 11.1. The third-order valence-electron chi connectivity index (χ3n) is 4.33. The van der Waals surface area contributed by atoms with Gasteiger partial charge in [0.05, 0.1) is 24.8 Å². The van der Waals surface area contributed by atoms with Crippen molar-refractivity contribution in [3.63, 3.8) is 0 Å². The molecule has 6 atom stereocenters. The summed E-state index contributed by atoms with van der Waals surface area (Å²) in [5.74, 6) is 0.322. The van der Waals surface area contributed by atoms with Crippen LogP contribution in [0.1, 0.15) is 40.5 Å². The molecule has 1 amide bonds. The molecule has 1 saturated heterocycles. The average molecular weight is 344 g/mol. The van der Waals surface area contributed by atoms with E-state index in [0.29, 0.717) is 18.6 Å². The van der Waals surface area contributed by atoms with Gasteiger partial charge >= 0.3 is 0 Å². The van der Waals surface area contributed by atoms with Crippen molar-refractivity contribution in [2.75, 3.05) is 6.61 Å². The number of aliphatic hydroxyl groups excluding tert-OH is 2. The molecule has 0 aromatic carbocycles. The van der Waals surface area contributed by atoms with Gasteiger partial charge in [-0.15, -0.1) is 0 Å². The second kappa shape index (κ2) is 9.36. The van der Waals surface area contributed by atoms with Crippen LogP contribution in [0.4, 0.5) is 0 Å². The Hall–Kier alpha value is -1.15. The molecule has 1 heterocycles. The molecule has 1 fully saturated rings. The lowest BCUT2D eigenvalue weighted by atomic mass is 9.92. The number of nitrogens with one attached hydrogen (secondary N) is 1. The zero-order valence-corrected chi connectivity index (χ0v) is 15.1. The highest BCUT2D eigenvalue weighted by atomic mass is 16.6. The molecule has 0 saturated carbocycles. The van der Waals surface area contributed by atoms with Crippen molar-refractivity contribution < 1.29 is 24.5 Å². The molecular weight excluding hydrogens is 312 g/mol. The van der Waals surface area contributed by atoms with E-state index in [1.165, 1.54) is 0 Å². The van der Waals surface area contributed by atoms with E-state index in [-0.39, 0.29) is 18.4 Å². The van der Waals surface area contributed by atoms with Crippen molar-refractivity contribution in [3.05, 3.63) is 12.3 Å². The Morgan fingerprint density at radius 1 is 1.46 bits per heavy atom. The zero-order chi connectivity index (χ0) is 18.4. The molecule has 0 aromatic heterocycles. The molecule has 7 nitrogen and oxygen atoms in total. The Morgan fingerprint density at radius 3 is 2.58 bits per heavy atom. The van der Waals surface area contributed by atoms with Crippen LogP contribution in [0.2, 0.25) is 0 Å². The molecule has 1 rings (SSSR count). The minimum Gasteiger partial charge on any atom is -0.489 e. The van der Waals surface area contributed by atoms with E-state index in [1.807, 2.05) is 20.8 Å². The number of hydrogen-bond acceptors (Lipinski definition) is 6. The number of carbonyl (C=O) groups excluding carboxylic acids is 1. The Labute approximate surface area is 144 Å². The highest BCUT2D eigenvalue weighted by molar-refractivity contribution is 5.76. The van der Waals surface area contributed by atoms with Crippen molar-refractivity contribution in [1.82, 2.24) is 5.32 Å². The largest absolute Gasteiger partial charge is 0.489 e. The predicted molar refractivity (Wildman–Crippen MR) is 91.1 cm³/mol. The van der Waals surface area contributed by atoms with Crippen LogP contribution in [0.15, 0.2) is 12.3 Å². The summed E-state index contributed by atoms with van der Waals surface area (Å²) in [4.78, 5) is 12.0. The average Bonchev–Trinajstić information content (AvgIpc) is 2.52. The van der Waals surface area contributed by atoms with Gasteiger partial charge in [-0.1, -0.05) is 27.4 Å². The number of carbonyl (C=O) groups is 1. The van der Waals surface area contributed by atoms with Gasteiger partial charge in [0, 0.05) is 6.42 Å². The summed E-state index contributed by atoms with van der Waals surface area (Å²) in [7, 11) is 0. The number of ether oxygens (including phenoxy) is 2. The van der Waals surface area contributed by atoms with Gasteiger partial charge in [-0.2, -0.15) is 0 Å². The van der Waals surface area contributed by atoms with Crippen molar-refractivity contribution in [3.8, 4) is 0 Å². The predicted octanol–water partition coefficient (Wildman–Crippen LogP) is 0.294. The van der Waals surface area contributed by atoms with E-state index in [0.717, 1.165) is 0 Å². The second-order valence-corrected chi connectivity index (χ2v) is 6.71. The van der Waals surface area contributed by atoms with E-state index in [9.17, 15) is 15.0 Å². The molecule has 24 heavy (non-hydrogen) atoms. The number of amides is 1. The van der Waals surface area contributed by atoms with E-state index in [1.54, 1.807) is 6.92 Å². The van der Waals surface area contributed by atoms with Crippen molar-refractivity contribution in [1.29, 1.82) is 0 Å². The quantitative estimate of drug-likeness (QED) is 0.471. The zero-order valence-electron chi connectivity index (χ0n) is 15.1. The van der Waals surface area contributed by atoms with Crippen LogP contribution in [0.3, 0.4) is 0 Å². The fourth-order valence-electron chi connectivity index (χ4n) is 2.74. The smallest absolute Gasteiger partial charge is 0.220 e. The SMILES string of the molecule is C=C(OC1C(O)C(CO)OC(C)C1NC(=O)CCC)[C@@H](N)C(C)C. The third-order valence-corrected chi connectivity index (χ3v) is 4.33. The van der Waals surface area contributed by atoms with Crippen LogP contribution in [0.25, 0.3) is 0 Å². The maximum Gasteiger partial charge on any atom is 0.220 e. The number of aliphatic hydroxyl groups is 2. The lowest BCUT2D eigenvalue weighted by molar-refractivity contribution is -0.196. The molecule has 1 aliphatic heterocycles. The van der Waals surface area contributed by atoms with E-state index in [2.05, 4.69) is 11.9 Å². The summed E-state index contributed by atoms with van der Waals surface area (Å²) in [6.07, 6.45) is -2.02. The molecule has 0 bridgehead atoms. The van der Waals surface area contributed by atoms with Crippen LogP contribution in [-0.2, 0) is 14.3 Å². The molecule has 7 heteroatoms. The Balaban J connectivity index is 2.94. The third kappa shape index (κ3) is 5.17. The summed E-state index contributed by atoms with van der Waals surface area (Å²) in [6, 6.07) is -0.951. The van der Waals surface area contributed by atoms with Gasteiger partial charge in [0.1, 0.15) is 24.1 Å². The number of nitrogens with two attached hydrogens (primary N) is 1. The van der Waals surface area contributed by atoms with Crippen molar-refractivity contribution >= 4 is 5.91 Å². The van der Waals surface area contributed by atoms with Gasteiger partial charge in [0.25, 0.3) is 0 Å². The Bertz CT molecular complexity index is 429. The molecule has 5 N–H and O–H groups in total. The van der Waals surface area contributed by atoms with Crippen LogP contribution >= 0.6 is 0 Å². The van der Waals surface area contributed by atoms with Crippen LogP contribution in [-0.4, -0.2) is 59.2 Å². The standard InChI is InChI=1S/C17H32N2O5/c1-6-7-13(21)19-15-11(5)23-12(8-20)16(22)17(15)24-10(4)14(18)9(2)3/h9,11-12,14-17,20,22H,4,6-8,18H2,1-3,5H3,(H,19,21)/t11?,12?,14-,15?,16?,17?/m0/s1. The molecule has 0 radical (unpaired) electrons. The fourth-order valence-corrected chi connectivity index (χ4v) is 2.74. The molecule has 0 aliphatic carbocycles. The molecular formula is C17H32N2O5. The maximum absolute atomic E-state index is 12.0. The first-order chi connectivity index (χ1) is 11.2. The Morgan fingerprint density at radius 2 is 2.08 bits per heavy atom. The molecule has 140 valence electrons. The van der Waals surface area contributed by atoms with Crippen LogP contribution < -0.4 is 11.1 Å². The first-order valence-corrected chi connectivity index (χ1v) is 8.57. The summed E-state index contributed by atoms with van der Waals surface area (Å²) in [5.41, 5.74) is 6.04. The van der Waals surface area contributed by atoms with Crippen molar-refractivity contribution in [2.24, 2.45) is 11.7 Å². The molecule has 1 aliphatic rings. The number of hydrogen-bond donors (Lipinski definition) is 4. The maximum atomic E-state index is 12.0. The first kappa shape index (κ1) is 20.9. The lowest BCUT2D eigenvalue weighted by Crippen LogP contribution is -2.64. The molecule has 0 aromatic rings. The van der Waals surface area contributed by atoms with Gasteiger partial charge in [-0.25, -0.2) is 0 Å². The van der Waals surface area contributed by atoms with Crippen LogP contribution in [0.5, 0.6) is 0 Å². The normalized spacial score (nSPS) is 31.6. The highest BCUT2D eigenvalue weighted by Crippen LogP contribution is 2.26. The number of rotatable bonds is 8. The molecule has 5 unspecified atom stereocenters. The monoisotopic (exact) mass is 344 g/mol. The lowest BCUT2D eigenvalue weighted by Gasteiger charge is -2.44. The topological polar surface area (TPSA) is 114 Å². The van der Waals surface area contributed by atoms with E-state index in [4.69, 9.17) is 15.2 Å². The second-order valence-electron chi connectivity index (χ2n) is 6.71. The van der Waals surface area contributed by atoms with Gasteiger partial charge in [0.15, 0.2) is 0 Å². The highest BCUT2D eigenvalue weighted by Gasteiger charge is 2.45. The Kier molecular flexibility index (Phi) is 8.15. The summed E-state index contributed by atoms with van der Waals surface area (Å²) in [5, 5.41) is 22.7. The first-order valence-electron chi connectivity index (χ1n) is 8.57. The summed E-state index contributed by atoms with van der Waals surface area (Å²) >= 11 is 0. The molecule has 0 spiro atoms. The fraction of sp³-hybridized carbons (Fsp3) is 0.824. The van der Waals surface area contributed by atoms with E-state index >= 15 is 0 Å².